The first-order valence-electron chi connectivity index (χ1n) is 11.7. The van der Waals surface area contributed by atoms with Crippen LogP contribution in [0.4, 0.5) is 0 Å². The van der Waals surface area contributed by atoms with Gasteiger partial charge in [-0.05, 0) is 78.0 Å². The number of halogens is 2. The van der Waals surface area contributed by atoms with E-state index in [-0.39, 0.29) is 17.6 Å². The van der Waals surface area contributed by atoms with Crippen LogP contribution in [-0.4, -0.2) is 29.1 Å². The lowest BCUT2D eigenvalue weighted by Crippen LogP contribution is -2.25. The van der Waals surface area contributed by atoms with Crippen molar-refractivity contribution in [1.82, 2.24) is 9.66 Å². The molecule has 1 atom stereocenters. The third kappa shape index (κ3) is 5.38. The highest BCUT2D eigenvalue weighted by Crippen LogP contribution is 2.37. The Hall–Kier alpha value is -2.19. The van der Waals surface area contributed by atoms with Gasteiger partial charge in [0.1, 0.15) is 5.82 Å². The van der Waals surface area contributed by atoms with Crippen molar-refractivity contribution >= 4 is 49.0 Å². The maximum absolute atomic E-state index is 13.5. The molecule has 1 heterocycles. The van der Waals surface area contributed by atoms with Gasteiger partial charge in [0.2, 0.25) is 0 Å². The highest BCUT2D eigenvalue weighted by Gasteiger charge is 2.22. The van der Waals surface area contributed by atoms with Crippen LogP contribution in [0.2, 0.25) is 0 Å². The van der Waals surface area contributed by atoms with Crippen LogP contribution in [0.5, 0.6) is 11.5 Å². The quantitative estimate of drug-likeness (QED) is 0.277. The summed E-state index contributed by atoms with van der Waals surface area (Å²) >= 11 is 7.07. The lowest BCUT2D eigenvalue weighted by atomic mass is 9.88. The van der Waals surface area contributed by atoms with E-state index in [2.05, 4.69) is 43.9 Å². The molecule has 0 N–H and O–H groups in total. The fourth-order valence-electron chi connectivity index (χ4n) is 4.24. The molecule has 0 aliphatic heterocycles. The van der Waals surface area contributed by atoms with Crippen molar-refractivity contribution in [3.8, 4) is 11.5 Å². The van der Waals surface area contributed by atoms with Crippen molar-refractivity contribution in [3.63, 3.8) is 0 Å². The zero-order valence-electron chi connectivity index (χ0n) is 19.7. The SMILES string of the molecule is CC[C@@H](C)Oc1c(Br)cc(C=Nn2c(C3CCCCC3)nc3ccc(Br)cc3c2=O)cc1OC. The number of aromatic nitrogens is 2. The number of hydrogen-bond donors (Lipinski definition) is 0. The van der Waals surface area contributed by atoms with Gasteiger partial charge in [0.25, 0.3) is 5.56 Å². The molecule has 1 saturated carbocycles. The number of ether oxygens (including phenoxy) is 2. The summed E-state index contributed by atoms with van der Waals surface area (Å²) in [6.07, 6.45) is 8.18. The number of rotatable bonds is 7. The van der Waals surface area contributed by atoms with Gasteiger partial charge in [0.05, 0.1) is 34.8 Å². The molecule has 0 spiro atoms. The summed E-state index contributed by atoms with van der Waals surface area (Å²) in [6.45, 7) is 4.09. The Labute approximate surface area is 216 Å². The maximum Gasteiger partial charge on any atom is 0.282 e. The minimum Gasteiger partial charge on any atom is -0.493 e. The van der Waals surface area contributed by atoms with E-state index >= 15 is 0 Å². The van der Waals surface area contributed by atoms with Crippen LogP contribution in [0.3, 0.4) is 0 Å². The molecule has 6 nitrogen and oxygen atoms in total. The normalized spacial score (nSPS) is 15.7. The monoisotopic (exact) mass is 589 g/mol. The van der Waals surface area contributed by atoms with Crippen molar-refractivity contribution in [1.29, 1.82) is 0 Å². The predicted octanol–water partition coefficient (Wildman–Crippen LogP) is 7.04. The molecule has 2 aromatic carbocycles. The molecule has 8 heteroatoms. The van der Waals surface area contributed by atoms with Gasteiger partial charge in [0.15, 0.2) is 11.5 Å². The summed E-state index contributed by atoms with van der Waals surface area (Å²) in [4.78, 5) is 18.4. The van der Waals surface area contributed by atoms with Crippen molar-refractivity contribution in [2.75, 3.05) is 7.11 Å². The smallest absolute Gasteiger partial charge is 0.282 e. The van der Waals surface area contributed by atoms with E-state index in [9.17, 15) is 4.79 Å². The van der Waals surface area contributed by atoms with Crippen LogP contribution in [-0.2, 0) is 0 Å². The molecule has 0 amide bonds. The number of fused-ring (bicyclic) bond motifs is 1. The molecule has 0 saturated heterocycles. The van der Waals surface area contributed by atoms with Gasteiger partial charge < -0.3 is 9.47 Å². The molecule has 1 aliphatic carbocycles. The van der Waals surface area contributed by atoms with Crippen molar-refractivity contribution in [2.24, 2.45) is 5.10 Å². The standard InChI is InChI=1S/C26H29Br2N3O3/c1-4-16(2)34-24-21(28)12-17(13-23(24)33-3)15-29-31-25(18-8-6-5-7-9-18)30-22-11-10-19(27)14-20(22)26(31)32/h10-16,18H,4-9H2,1-3H3/t16-/m1/s1. The van der Waals surface area contributed by atoms with Crippen molar-refractivity contribution in [2.45, 2.75) is 64.4 Å². The molecule has 1 aromatic heterocycles. The molecular formula is C26H29Br2N3O3. The molecule has 0 bridgehead atoms. The van der Waals surface area contributed by atoms with Crippen LogP contribution in [0.25, 0.3) is 10.9 Å². The molecule has 0 radical (unpaired) electrons. The lowest BCUT2D eigenvalue weighted by Gasteiger charge is -2.22. The van der Waals surface area contributed by atoms with E-state index in [4.69, 9.17) is 14.5 Å². The molecule has 0 unspecified atom stereocenters. The molecule has 180 valence electrons. The Kier molecular flexibility index (Phi) is 8.09. The average molecular weight is 591 g/mol. The van der Waals surface area contributed by atoms with Crippen LogP contribution in [0.15, 0.2) is 49.2 Å². The first kappa shape index (κ1) is 24.9. The number of hydrogen-bond acceptors (Lipinski definition) is 5. The van der Waals surface area contributed by atoms with Crippen LogP contribution < -0.4 is 15.0 Å². The lowest BCUT2D eigenvalue weighted by molar-refractivity contribution is 0.206. The summed E-state index contributed by atoms with van der Waals surface area (Å²) in [6, 6.07) is 9.39. The van der Waals surface area contributed by atoms with Crippen LogP contribution in [0.1, 0.15) is 69.7 Å². The predicted molar refractivity (Wildman–Crippen MR) is 144 cm³/mol. The number of methoxy groups -OCH3 is 1. The summed E-state index contributed by atoms with van der Waals surface area (Å²) in [5.74, 6) is 2.22. The van der Waals surface area contributed by atoms with Crippen LogP contribution >= 0.6 is 31.9 Å². The largest absolute Gasteiger partial charge is 0.493 e. The van der Waals surface area contributed by atoms with Crippen molar-refractivity contribution in [3.05, 3.63) is 61.0 Å². The summed E-state index contributed by atoms with van der Waals surface area (Å²) in [5.41, 5.74) is 1.33. The number of benzene rings is 2. The van der Waals surface area contributed by atoms with Gasteiger partial charge in [-0.3, -0.25) is 4.79 Å². The molecule has 3 aromatic rings. The maximum atomic E-state index is 13.5. The Morgan fingerprint density at radius 1 is 1.21 bits per heavy atom. The highest BCUT2D eigenvalue weighted by atomic mass is 79.9. The first-order valence-corrected chi connectivity index (χ1v) is 13.3. The van der Waals surface area contributed by atoms with Gasteiger partial charge in [0, 0.05) is 10.4 Å². The summed E-state index contributed by atoms with van der Waals surface area (Å²) in [5, 5.41) is 5.18. The topological polar surface area (TPSA) is 65.7 Å². The second-order valence-corrected chi connectivity index (χ2v) is 10.5. The average Bonchev–Trinajstić information content (AvgIpc) is 2.85. The van der Waals surface area contributed by atoms with Crippen LogP contribution in [0, 0.1) is 0 Å². The van der Waals surface area contributed by atoms with Crippen molar-refractivity contribution < 1.29 is 9.47 Å². The second kappa shape index (κ2) is 11.0. The fraction of sp³-hybridized carbons (Fsp3) is 0.423. The van der Waals surface area contributed by atoms with E-state index < -0.39 is 0 Å². The summed E-state index contributed by atoms with van der Waals surface area (Å²) in [7, 11) is 1.61. The van der Waals surface area contributed by atoms with E-state index in [1.807, 2.05) is 37.3 Å². The molecule has 1 aliphatic rings. The summed E-state index contributed by atoms with van der Waals surface area (Å²) < 4.78 is 14.7. The van der Waals surface area contributed by atoms with E-state index in [0.717, 1.165) is 52.4 Å². The van der Waals surface area contributed by atoms with Gasteiger partial charge in [-0.1, -0.05) is 42.1 Å². The Morgan fingerprint density at radius 2 is 1.97 bits per heavy atom. The molecule has 1 fully saturated rings. The Morgan fingerprint density at radius 3 is 2.68 bits per heavy atom. The molecular weight excluding hydrogens is 562 g/mol. The minimum atomic E-state index is -0.161. The Bertz CT molecular complexity index is 1270. The van der Waals surface area contributed by atoms with E-state index in [1.165, 1.54) is 11.1 Å². The Balaban J connectivity index is 1.79. The van der Waals surface area contributed by atoms with Gasteiger partial charge in [-0.25, -0.2) is 4.98 Å². The van der Waals surface area contributed by atoms with E-state index in [0.29, 0.717) is 22.4 Å². The highest BCUT2D eigenvalue weighted by molar-refractivity contribution is 9.10. The van der Waals surface area contributed by atoms with Gasteiger partial charge in [-0.15, -0.1) is 0 Å². The van der Waals surface area contributed by atoms with Gasteiger partial charge >= 0.3 is 0 Å². The third-order valence-corrected chi connectivity index (χ3v) is 7.35. The minimum absolute atomic E-state index is 0.0596. The third-order valence-electron chi connectivity index (χ3n) is 6.27. The van der Waals surface area contributed by atoms with E-state index in [1.54, 1.807) is 13.3 Å². The van der Waals surface area contributed by atoms with Gasteiger partial charge in [-0.2, -0.15) is 9.78 Å². The zero-order chi connectivity index (χ0) is 24.2. The molecule has 34 heavy (non-hydrogen) atoms. The first-order chi connectivity index (χ1) is 16.4. The molecule has 4 rings (SSSR count). The zero-order valence-corrected chi connectivity index (χ0v) is 22.9. The number of nitrogens with zero attached hydrogens (tertiary/aromatic N) is 3. The fourth-order valence-corrected chi connectivity index (χ4v) is 5.15. The second-order valence-electron chi connectivity index (χ2n) is 8.70.